The summed E-state index contributed by atoms with van der Waals surface area (Å²) in [6, 6.07) is 9.24. The van der Waals surface area contributed by atoms with Crippen molar-refractivity contribution in [1.29, 1.82) is 0 Å². The van der Waals surface area contributed by atoms with Crippen molar-refractivity contribution in [3.8, 4) is 5.75 Å². The molecule has 6 nitrogen and oxygen atoms in total. The van der Waals surface area contributed by atoms with Gasteiger partial charge in [0.1, 0.15) is 18.6 Å². The van der Waals surface area contributed by atoms with E-state index >= 15 is 0 Å². The molecule has 0 radical (unpaired) electrons. The first-order valence-electron chi connectivity index (χ1n) is 9.07. The Bertz CT molecular complexity index is 766. The van der Waals surface area contributed by atoms with E-state index in [1.165, 1.54) is 12.5 Å². The predicted octanol–water partition coefficient (Wildman–Crippen LogP) is 2.86. The highest BCUT2D eigenvalue weighted by Crippen LogP contribution is 2.23. The molecule has 26 heavy (non-hydrogen) atoms. The van der Waals surface area contributed by atoms with Gasteiger partial charge in [-0.2, -0.15) is 0 Å². The monoisotopic (exact) mass is 354 g/mol. The van der Waals surface area contributed by atoms with E-state index in [1.807, 2.05) is 4.90 Å². The van der Waals surface area contributed by atoms with Crippen molar-refractivity contribution in [2.75, 3.05) is 13.2 Å². The molecule has 1 aromatic heterocycles. The Balaban J connectivity index is 1.32. The molecule has 136 valence electrons. The first kappa shape index (κ1) is 16.7. The summed E-state index contributed by atoms with van der Waals surface area (Å²) in [5, 5.41) is 2.97. The summed E-state index contributed by atoms with van der Waals surface area (Å²) < 4.78 is 10.9. The minimum Gasteiger partial charge on any atom is -0.491 e. The molecule has 1 saturated carbocycles. The molecule has 1 aromatic carbocycles. The Labute approximate surface area is 152 Å². The van der Waals surface area contributed by atoms with Crippen molar-refractivity contribution in [2.45, 2.75) is 37.8 Å². The second kappa shape index (κ2) is 7.23. The molecule has 2 heterocycles. The van der Waals surface area contributed by atoms with Crippen LogP contribution in [0.5, 0.6) is 5.75 Å². The van der Waals surface area contributed by atoms with Gasteiger partial charge in [-0.05, 0) is 56.0 Å². The minimum absolute atomic E-state index is 0.0167. The van der Waals surface area contributed by atoms with Crippen molar-refractivity contribution in [3.63, 3.8) is 0 Å². The Morgan fingerprint density at radius 2 is 1.92 bits per heavy atom. The topological polar surface area (TPSA) is 71.8 Å². The fourth-order valence-corrected chi connectivity index (χ4v) is 3.22. The molecular formula is C20H22N2O4. The van der Waals surface area contributed by atoms with E-state index in [2.05, 4.69) is 5.32 Å². The molecule has 2 aliphatic rings. The van der Waals surface area contributed by atoms with Gasteiger partial charge in [-0.3, -0.25) is 9.59 Å². The standard InChI is InChI=1S/C20H22N2O4/c23-19(21-16-5-6-16)14-3-7-18(8-4-14)26-13-17-2-1-10-22(17)20(24)15-9-11-25-12-15/h3-4,7-9,11-12,16-17H,1-2,5-6,10,13H2,(H,21,23). The van der Waals surface area contributed by atoms with Gasteiger partial charge in [-0.25, -0.2) is 0 Å². The second-order valence-electron chi connectivity index (χ2n) is 6.89. The van der Waals surface area contributed by atoms with Gasteiger partial charge >= 0.3 is 0 Å². The number of nitrogens with zero attached hydrogens (tertiary/aromatic N) is 1. The van der Waals surface area contributed by atoms with Crippen LogP contribution in [-0.4, -0.2) is 41.9 Å². The van der Waals surface area contributed by atoms with Crippen molar-refractivity contribution in [1.82, 2.24) is 10.2 Å². The smallest absolute Gasteiger partial charge is 0.257 e. The van der Waals surface area contributed by atoms with Gasteiger partial charge in [0.15, 0.2) is 0 Å². The van der Waals surface area contributed by atoms with Gasteiger partial charge in [0.25, 0.3) is 11.8 Å². The van der Waals surface area contributed by atoms with E-state index in [-0.39, 0.29) is 17.9 Å². The predicted molar refractivity (Wildman–Crippen MR) is 95.2 cm³/mol. The third-order valence-electron chi connectivity index (χ3n) is 4.88. The van der Waals surface area contributed by atoms with Crippen LogP contribution < -0.4 is 10.1 Å². The number of carbonyl (C=O) groups is 2. The largest absolute Gasteiger partial charge is 0.491 e. The molecular weight excluding hydrogens is 332 g/mol. The third-order valence-corrected chi connectivity index (χ3v) is 4.88. The van der Waals surface area contributed by atoms with Gasteiger partial charge in [-0.1, -0.05) is 0 Å². The number of likely N-dealkylation sites (tertiary alicyclic amines) is 1. The Morgan fingerprint density at radius 1 is 1.12 bits per heavy atom. The molecule has 4 rings (SSSR count). The van der Waals surface area contributed by atoms with E-state index in [9.17, 15) is 9.59 Å². The van der Waals surface area contributed by atoms with Crippen LogP contribution in [0, 0.1) is 0 Å². The lowest BCUT2D eigenvalue weighted by Gasteiger charge is -2.24. The van der Waals surface area contributed by atoms with Crippen LogP contribution >= 0.6 is 0 Å². The third kappa shape index (κ3) is 3.74. The molecule has 1 aliphatic heterocycles. The molecule has 1 unspecified atom stereocenters. The summed E-state index contributed by atoms with van der Waals surface area (Å²) >= 11 is 0. The maximum Gasteiger partial charge on any atom is 0.257 e. The molecule has 2 aromatic rings. The highest BCUT2D eigenvalue weighted by molar-refractivity contribution is 5.95. The summed E-state index contributed by atoms with van der Waals surface area (Å²) in [6.45, 7) is 1.18. The van der Waals surface area contributed by atoms with E-state index in [0.29, 0.717) is 29.5 Å². The van der Waals surface area contributed by atoms with Gasteiger partial charge in [0, 0.05) is 18.2 Å². The van der Waals surface area contributed by atoms with E-state index < -0.39 is 0 Å². The Hall–Kier alpha value is -2.76. The zero-order valence-electron chi connectivity index (χ0n) is 14.5. The SMILES string of the molecule is O=C(NC1CC1)c1ccc(OCC2CCCN2C(=O)c2ccoc2)cc1. The minimum atomic E-state index is -0.0354. The van der Waals surface area contributed by atoms with E-state index in [1.54, 1.807) is 30.3 Å². The highest BCUT2D eigenvalue weighted by Gasteiger charge is 2.30. The van der Waals surface area contributed by atoms with Crippen LogP contribution in [0.25, 0.3) is 0 Å². The first-order chi connectivity index (χ1) is 12.7. The number of amides is 2. The van der Waals surface area contributed by atoms with E-state index in [0.717, 1.165) is 32.2 Å². The maximum absolute atomic E-state index is 12.5. The summed E-state index contributed by atoms with van der Waals surface area (Å²) in [4.78, 5) is 26.4. The van der Waals surface area contributed by atoms with Gasteiger partial charge in [0.2, 0.25) is 0 Å². The van der Waals surface area contributed by atoms with Gasteiger partial charge in [0.05, 0.1) is 17.9 Å². The number of carbonyl (C=O) groups excluding carboxylic acids is 2. The molecule has 0 bridgehead atoms. The van der Waals surface area contributed by atoms with E-state index in [4.69, 9.17) is 9.15 Å². The Kier molecular flexibility index (Phi) is 4.65. The van der Waals surface area contributed by atoms with Crippen LogP contribution in [0.2, 0.25) is 0 Å². The summed E-state index contributed by atoms with van der Waals surface area (Å²) in [7, 11) is 0. The number of nitrogens with one attached hydrogen (secondary N) is 1. The van der Waals surface area contributed by atoms with Crippen molar-refractivity contribution < 1.29 is 18.7 Å². The number of hydrogen-bond acceptors (Lipinski definition) is 4. The molecule has 1 saturated heterocycles. The average molecular weight is 354 g/mol. The van der Waals surface area contributed by atoms with Crippen LogP contribution in [0.3, 0.4) is 0 Å². The maximum atomic E-state index is 12.5. The average Bonchev–Trinajstić information content (AvgIpc) is 3.15. The number of furan rings is 1. The highest BCUT2D eigenvalue weighted by atomic mass is 16.5. The molecule has 2 fully saturated rings. The Morgan fingerprint density at radius 3 is 2.62 bits per heavy atom. The first-order valence-corrected chi connectivity index (χ1v) is 9.07. The lowest BCUT2D eigenvalue weighted by molar-refractivity contribution is 0.0690. The summed E-state index contributed by atoms with van der Waals surface area (Å²) in [5.74, 6) is 0.652. The van der Waals surface area contributed by atoms with Crippen LogP contribution in [0.15, 0.2) is 47.3 Å². The normalized spacial score (nSPS) is 19.4. The summed E-state index contributed by atoms with van der Waals surface area (Å²) in [6.07, 6.45) is 7.02. The zero-order valence-corrected chi connectivity index (χ0v) is 14.5. The second-order valence-corrected chi connectivity index (χ2v) is 6.89. The molecule has 1 N–H and O–H groups in total. The van der Waals surface area contributed by atoms with Crippen LogP contribution in [0.1, 0.15) is 46.4 Å². The molecule has 2 amide bonds. The quantitative estimate of drug-likeness (QED) is 0.866. The molecule has 6 heteroatoms. The van der Waals surface area contributed by atoms with Crippen LogP contribution in [-0.2, 0) is 0 Å². The summed E-state index contributed by atoms with van der Waals surface area (Å²) in [5.41, 5.74) is 1.21. The lowest BCUT2D eigenvalue weighted by Crippen LogP contribution is -2.38. The lowest BCUT2D eigenvalue weighted by atomic mass is 10.2. The number of hydrogen-bond donors (Lipinski definition) is 1. The van der Waals surface area contributed by atoms with Crippen molar-refractivity contribution in [2.24, 2.45) is 0 Å². The molecule has 0 spiro atoms. The van der Waals surface area contributed by atoms with Gasteiger partial charge < -0.3 is 19.4 Å². The molecule has 1 atom stereocenters. The number of benzene rings is 1. The molecule has 1 aliphatic carbocycles. The van der Waals surface area contributed by atoms with Gasteiger partial charge in [-0.15, -0.1) is 0 Å². The van der Waals surface area contributed by atoms with Crippen LogP contribution in [0.4, 0.5) is 0 Å². The van der Waals surface area contributed by atoms with Crippen molar-refractivity contribution >= 4 is 11.8 Å². The number of rotatable bonds is 6. The zero-order chi connectivity index (χ0) is 17.9. The fraction of sp³-hybridized carbons (Fsp3) is 0.400. The fourth-order valence-electron chi connectivity index (χ4n) is 3.22. The van der Waals surface area contributed by atoms with Crippen molar-refractivity contribution in [3.05, 3.63) is 54.0 Å². The number of ether oxygens (including phenoxy) is 1.